The third kappa shape index (κ3) is 21.5. The number of benzene rings is 8. The number of halogens is 4. The zero-order valence-corrected chi connectivity index (χ0v) is 75.2. The fourth-order valence-electron chi connectivity index (χ4n) is 15.6. The Kier molecular flexibility index (Phi) is 33.4. The van der Waals surface area contributed by atoms with Crippen LogP contribution in [-0.4, -0.2) is 206 Å². The minimum Gasteiger partial charge on any atom is -0.463 e. The van der Waals surface area contributed by atoms with Crippen molar-refractivity contribution in [2.24, 2.45) is 11.5 Å². The van der Waals surface area contributed by atoms with E-state index in [-0.39, 0.29) is 78.6 Å². The van der Waals surface area contributed by atoms with Crippen LogP contribution in [0, 0.1) is 0 Å². The molecule has 16 rings (SSSR count). The molecule has 6 unspecified atom stereocenters. The molecule has 684 valence electrons. The second kappa shape index (κ2) is 43.5. The van der Waals surface area contributed by atoms with Gasteiger partial charge in [-0.25, -0.2) is 19.2 Å². The molecule has 8 saturated heterocycles. The summed E-state index contributed by atoms with van der Waals surface area (Å²) in [4.78, 5) is 177. The van der Waals surface area contributed by atoms with E-state index in [0.29, 0.717) is 5.75 Å². The number of carbonyl (C=O) groups is 12. The van der Waals surface area contributed by atoms with Crippen LogP contribution in [0.3, 0.4) is 0 Å². The van der Waals surface area contributed by atoms with E-state index < -0.39 is 151 Å². The van der Waals surface area contributed by atoms with Gasteiger partial charge >= 0.3 is 35.8 Å². The van der Waals surface area contributed by atoms with Crippen molar-refractivity contribution in [1.29, 1.82) is 0 Å². The lowest BCUT2D eigenvalue weighted by molar-refractivity contribution is -0.332. The number of β-lactam (4-membered cyclic amide) rings is 4. The van der Waals surface area contributed by atoms with E-state index in [1.807, 2.05) is 243 Å². The Labute approximate surface area is 788 Å². The van der Waals surface area contributed by atoms with Gasteiger partial charge in [-0.05, 0) is 109 Å². The zero-order valence-electron chi connectivity index (χ0n) is 68.9. The Morgan fingerprint density at radius 2 is 0.638 bits per heavy atom. The highest BCUT2D eigenvalue weighted by molar-refractivity contribution is 8.02. The quantitative estimate of drug-likeness (QED) is 0.00672. The number of hydrogen-bond acceptors (Lipinski definition) is 28. The Morgan fingerprint density at radius 3 is 0.946 bits per heavy atom. The molecular weight excluding hydrogens is 1840 g/mol. The van der Waals surface area contributed by atoms with Crippen LogP contribution < -0.4 is 11.5 Å². The highest BCUT2D eigenvalue weighted by atomic mass is 35.5. The molecule has 36 heteroatoms. The van der Waals surface area contributed by atoms with Crippen molar-refractivity contribution < 1.29 is 106 Å². The van der Waals surface area contributed by atoms with Crippen molar-refractivity contribution in [1.82, 2.24) is 19.6 Å². The fraction of sp³-hybridized carbons (Fsp3) is 0.319. The number of carbonyl (C=O) groups excluding carboxylic acids is 12. The van der Waals surface area contributed by atoms with Gasteiger partial charge in [0.2, 0.25) is 22.3 Å². The number of alkyl halides is 2. The summed E-state index contributed by atoms with van der Waals surface area (Å²) < 4.78 is 32.4. The van der Waals surface area contributed by atoms with Crippen molar-refractivity contribution in [3.8, 4) is 0 Å². The van der Waals surface area contributed by atoms with Crippen molar-refractivity contribution in [2.75, 3.05) is 36.5 Å². The summed E-state index contributed by atoms with van der Waals surface area (Å²) >= 11 is 27.5. The van der Waals surface area contributed by atoms with E-state index in [1.165, 1.54) is 54.9 Å². The smallest absolute Gasteiger partial charge is 0.333 e. The lowest BCUT2D eigenvalue weighted by Crippen LogP contribution is -2.78. The number of nitrogens with two attached hydrogens (primary N) is 2. The van der Waals surface area contributed by atoms with Crippen molar-refractivity contribution in [3.63, 3.8) is 0 Å². The van der Waals surface area contributed by atoms with Crippen molar-refractivity contribution in [3.05, 3.63) is 311 Å². The standard InChI is InChI=1S/2C23H23ClN2O5S.2C23H20ClNO6S.2CH4/c1-14(24)30-31-23(2)13-32-21-17(25)20(27)26(21)19(23)22(28)29-18(15-9-5-3-6-10-15)16-11-7-4-8-12-16;1-23(13-30-16(27)12-24)19(26-20(28)17(25)21(26)32-23)22(29)31-18(14-8-4-2-5-9-14)15-10-6-3-7-11-15;1-14(24)30-31-23(2)13-32-21-17(26)20(27)25(21)19(23)22(28)29-18(15-9-5-3-6-10-15)16-11-7-4-8-12-16;1-23(13-30-16(26)12-24)19(25-20(28)17(27)21(25)32-23)22(29)31-18(14-8-4-2-5-9-14)15-10-6-3-7-11-15;;/h3-12,17-19,21H,1,13,25H2,2H3;2-11,17-19,21H,12-13,25H2,1H3;3-12,18-19,21H,1,13H2,2H3;2-11,18-19,21H,12-13H2,1H3;2*1H4/t17-,19+,21?,23?;17-,19+,21?,23+;19-,21?,23?;19-,21?,23-;;/m1100../s1. The van der Waals surface area contributed by atoms with Crippen LogP contribution in [0.5, 0.6) is 0 Å². The van der Waals surface area contributed by atoms with Crippen molar-refractivity contribution in [2.45, 2.75) is 145 Å². The topological polar surface area (TPSA) is 362 Å². The largest absolute Gasteiger partial charge is 0.463 e. The first-order valence-electron chi connectivity index (χ1n) is 39.9. The molecule has 0 aromatic heterocycles. The van der Waals surface area contributed by atoms with Crippen LogP contribution in [0.15, 0.2) is 266 Å². The average Bonchev–Trinajstić information content (AvgIpc) is 1.12. The Balaban J connectivity index is 0.000000167. The monoisotopic (exact) mass is 1930 g/mol. The number of ketones is 2. The van der Waals surface area contributed by atoms with E-state index in [2.05, 4.69) is 13.2 Å². The zero-order chi connectivity index (χ0) is 91.5. The number of nitrogens with zero attached hydrogens (tertiary/aromatic N) is 4. The van der Waals surface area contributed by atoms with Gasteiger partial charge in [0.25, 0.3) is 23.4 Å². The van der Waals surface area contributed by atoms with Crippen molar-refractivity contribution >= 4 is 164 Å². The average molecular weight is 1930 g/mol. The summed E-state index contributed by atoms with van der Waals surface area (Å²) in [6, 6.07) is 68.8. The van der Waals surface area contributed by atoms with Gasteiger partial charge in [0.05, 0.1) is 9.49 Å². The molecule has 0 radical (unpaired) electrons. The highest BCUT2D eigenvalue weighted by Crippen LogP contribution is 2.54. The maximum Gasteiger partial charge on any atom is 0.333 e. The number of Topliss-reactive ketones (excluding diaryl/α,β-unsaturated/α-hetero) is 2. The Hall–Kier alpha value is -10.7. The van der Waals surface area contributed by atoms with Gasteiger partial charge < -0.3 is 64.4 Å². The molecule has 14 atom stereocenters. The molecule has 4 amide bonds. The lowest BCUT2D eigenvalue weighted by Gasteiger charge is -2.55. The Morgan fingerprint density at radius 1 is 0.385 bits per heavy atom. The van der Waals surface area contributed by atoms with Gasteiger partial charge in [-0.1, -0.05) is 258 Å². The van der Waals surface area contributed by atoms with Gasteiger partial charge in [-0.15, -0.1) is 70.2 Å². The van der Waals surface area contributed by atoms with Crippen LogP contribution in [0.1, 0.15) is 111 Å². The molecule has 0 saturated carbocycles. The number of esters is 6. The molecule has 8 fully saturated rings. The number of ether oxygens (including phenoxy) is 6. The maximum absolute atomic E-state index is 13.6. The molecule has 8 aromatic carbocycles. The van der Waals surface area contributed by atoms with Gasteiger partial charge in [0.15, 0.2) is 47.7 Å². The van der Waals surface area contributed by atoms with Gasteiger partial charge in [-0.2, -0.15) is 9.78 Å². The normalized spacial score (nSPS) is 25.1. The molecule has 8 heterocycles. The first kappa shape index (κ1) is 99.8. The number of hydrogen-bond donors (Lipinski definition) is 2. The minimum atomic E-state index is -1.33. The summed E-state index contributed by atoms with van der Waals surface area (Å²) in [6.07, 6.45) is -2.77. The van der Waals surface area contributed by atoms with Gasteiger partial charge in [-0.3, -0.25) is 43.3 Å². The van der Waals surface area contributed by atoms with Crippen LogP contribution in [0.4, 0.5) is 0 Å². The summed E-state index contributed by atoms with van der Waals surface area (Å²) in [6.45, 7) is 13.2. The molecule has 8 aliphatic rings. The predicted molar refractivity (Wildman–Crippen MR) is 492 cm³/mol. The third-order valence-electron chi connectivity index (χ3n) is 21.9. The highest BCUT2D eigenvalue weighted by Gasteiger charge is 2.69. The summed E-state index contributed by atoms with van der Waals surface area (Å²) in [5, 5.41) is -2.71. The number of amides is 4. The summed E-state index contributed by atoms with van der Waals surface area (Å²) in [5.74, 6) is -7.29. The second-order valence-corrected chi connectivity index (χ2v) is 37.9. The SMILES string of the molecule is C.C.C=C(Cl)OOC1(C)CSC2C(=O)C(=O)N2[C@H]1C(=O)OC(c1ccccc1)c1ccccc1.C=C(Cl)OOC1(C)CSC2[C@H](N)C(=O)N2[C@H]1C(=O)OC(c1ccccc1)c1ccccc1.C[C@@]1(COC(=O)CCl)SC2C(=O)C(=O)N2[C@H]1C(=O)OC(c1ccccc1)c1ccccc1.C[C@@]1(COC(=O)CCl)SC2[C@H](N)C(=O)N2[C@H]1C(=O)OC(c1ccccc1)c1ccccc1. The molecule has 8 aliphatic heterocycles. The van der Waals surface area contributed by atoms with E-state index in [0.717, 1.165) is 56.3 Å². The molecule has 0 spiro atoms. The molecule has 130 heavy (non-hydrogen) atoms. The molecule has 0 aliphatic carbocycles. The van der Waals surface area contributed by atoms with Crippen LogP contribution >= 0.6 is 93.5 Å². The van der Waals surface area contributed by atoms with Crippen LogP contribution in [-0.2, 0) is 106 Å². The first-order chi connectivity index (χ1) is 61.3. The van der Waals surface area contributed by atoms with Gasteiger partial charge in [0.1, 0.15) is 70.6 Å². The fourth-order valence-corrected chi connectivity index (χ4v) is 21.7. The molecular formula is C94H94Cl4N6O22S4. The lowest BCUT2D eigenvalue weighted by atomic mass is 9.91. The number of rotatable bonds is 28. The van der Waals surface area contributed by atoms with Crippen LogP contribution in [0.2, 0.25) is 0 Å². The number of thioether (sulfide) groups is 4. The summed E-state index contributed by atoms with van der Waals surface area (Å²) in [7, 11) is 0. The van der Waals surface area contributed by atoms with E-state index in [9.17, 15) is 57.5 Å². The predicted octanol–water partition coefficient (Wildman–Crippen LogP) is 13.4. The molecule has 28 nitrogen and oxygen atoms in total. The third-order valence-corrected chi connectivity index (χ3v) is 28.7. The van der Waals surface area contributed by atoms with Crippen LogP contribution in [0.25, 0.3) is 0 Å². The minimum absolute atomic E-state index is 0. The second-order valence-electron chi connectivity index (χ2n) is 31.1. The first-order valence-corrected chi connectivity index (χ1v) is 45.5. The molecule has 0 bridgehead atoms. The molecule has 8 aromatic rings. The van der Waals surface area contributed by atoms with E-state index in [4.69, 9.17) is 106 Å². The maximum atomic E-state index is 13.6. The van der Waals surface area contributed by atoms with E-state index >= 15 is 0 Å². The number of fused-ring (bicyclic) bond motifs is 4. The molecule has 4 N–H and O–H groups in total. The van der Waals surface area contributed by atoms with Gasteiger partial charge in [0, 0.05) is 11.5 Å². The summed E-state index contributed by atoms with van der Waals surface area (Å²) in [5.41, 5.74) is 15.6. The Bertz CT molecular complexity index is 5290. The van der Waals surface area contributed by atoms with E-state index in [1.54, 1.807) is 27.7 Å².